The van der Waals surface area contributed by atoms with E-state index in [2.05, 4.69) is 4.90 Å². The Hall–Kier alpha value is -1.20. The van der Waals surface area contributed by atoms with Gasteiger partial charge in [-0.15, -0.1) is 0 Å². The van der Waals surface area contributed by atoms with Crippen LogP contribution in [0.1, 0.15) is 24.8 Å². The van der Waals surface area contributed by atoms with Crippen molar-refractivity contribution in [3.63, 3.8) is 0 Å². The lowest BCUT2D eigenvalue weighted by molar-refractivity contribution is 0.122. The molecule has 0 radical (unpaired) electrons. The van der Waals surface area contributed by atoms with Crippen LogP contribution in [0.25, 0.3) is 0 Å². The van der Waals surface area contributed by atoms with Gasteiger partial charge >= 0.3 is 0 Å². The van der Waals surface area contributed by atoms with E-state index in [0.717, 1.165) is 38.6 Å². The van der Waals surface area contributed by atoms with E-state index >= 15 is 0 Å². The highest BCUT2D eigenvalue weighted by atomic mass is 19.2. The first-order chi connectivity index (χ1) is 10.2. The van der Waals surface area contributed by atoms with Crippen molar-refractivity contribution in [2.45, 2.75) is 25.8 Å². The number of halogens is 2. The third kappa shape index (κ3) is 4.14. The third-order valence-electron chi connectivity index (χ3n) is 4.09. The second kappa shape index (κ2) is 7.71. The van der Waals surface area contributed by atoms with Crippen LogP contribution in [-0.2, 0) is 11.3 Å². The van der Waals surface area contributed by atoms with Gasteiger partial charge in [0.2, 0.25) is 0 Å². The van der Waals surface area contributed by atoms with Crippen molar-refractivity contribution < 1.29 is 18.3 Å². The van der Waals surface area contributed by atoms with Crippen molar-refractivity contribution in [2.24, 2.45) is 5.92 Å². The average Bonchev–Trinajstić information content (AvgIpc) is 2.50. The van der Waals surface area contributed by atoms with Gasteiger partial charge in [0.25, 0.3) is 0 Å². The third-order valence-corrected chi connectivity index (χ3v) is 4.09. The van der Waals surface area contributed by atoms with Crippen LogP contribution in [0.2, 0.25) is 0 Å². The zero-order valence-electron chi connectivity index (χ0n) is 12.7. The number of methoxy groups -OCH3 is 2. The number of rotatable bonds is 6. The zero-order valence-corrected chi connectivity index (χ0v) is 12.7. The molecule has 5 heteroatoms. The molecule has 0 amide bonds. The summed E-state index contributed by atoms with van der Waals surface area (Å²) in [6.07, 6.45) is 3.26. The molecule has 1 aromatic rings. The van der Waals surface area contributed by atoms with Crippen LogP contribution in [0.15, 0.2) is 12.1 Å². The largest absolute Gasteiger partial charge is 0.496 e. The fraction of sp³-hybridized carbons (Fsp3) is 0.625. The Morgan fingerprint density at radius 2 is 2.10 bits per heavy atom. The van der Waals surface area contributed by atoms with Crippen LogP contribution in [0.5, 0.6) is 5.75 Å². The molecule has 1 heterocycles. The maximum absolute atomic E-state index is 14.0. The molecule has 0 bridgehead atoms. The standard InChI is InChI=1S/C16H23F2NO2/c1-20-9-7-12-4-3-8-19(10-12)11-13-15(21-2)6-5-14(17)16(13)18/h5-6,12H,3-4,7-11H2,1-2H3/t12-/m1/s1. The molecule has 3 nitrogen and oxygen atoms in total. The second-order valence-electron chi connectivity index (χ2n) is 5.57. The molecule has 0 saturated carbocycles. The summed E-state index contributed by atoms with van der Waals surface area (Å²) >= 11 is 0. The first-order valence-corrected chi connectivity index (χ1v) is 7.37. The van der Waals surface area contributed by atoms with Crippen LogP contribution in [-0.4, -0.2) is 38.8 Å². The zero-order chi connectivity index (χ0) is 15.2. The van der Waals surface area contributed by atoms with Gasteiger partial charge in [0.1, 0.15) is 5.75 Å². The molecule has 0 unspecified atom stereocenters. The number of benzene rings is 1. The maximum Gasteiger partial charge on any atom is 0.167 e. The molecule has 118 valence electrons. The molecule has 0 N–H and O–H groups in total. The molecule has 1 saturated heterocycles. The number of likely N-dealkylation sites (tertiary alicyclic amines) is 1. The van der Waals surface area contributed by atoms with Crippen molar-refractivity contribution in [1.29, 1.82) is 0 Å². The summed E-state index contributed by atoms with van der Waals surface area (Å²) in [5.41, 5.74) is 0.310. The fourth-order valence-electron chi connectivity index (χ4n) is 2.95. The summed E-state index contributed by atoms with van der Waals surface area (Å²) in [6.45, 7) is 2.93. The summed E-state index contributed by atoms with van der Waals surface area (Å²) in [5.74, 6) is -0.652. The molecule has 0 aromatic heterocycles. The molecule has 1 aliphatic heterocycles. The number of hydrogen-bond acceptors (Lipinski definition) is 3. The lowest BCUT2D eigenvalue weighted by Gasteiger charge is -2.33. The van der Waals surface area contributed by atoms with Crippen molar-refractivity contribution in [3.05, 3.63) is 29.3 Å². The second-order valence-corrected chi connectivity index (χ2v) is 5.57. The molecular weight excluding hydrogens is 276 g/mol. The van der Waals surface area contributed by atoms with Gasteiger partial charge in [-0.3, -0.25) is 4.90 Å². The average molecular weight is 299 g/mol. The highest BCUT2D eigenvalue weighted by Crippen LogP contribution is 2.28. The van der Waals surface area contributed by atoms with Gasteiger partial charge in [0, 0.05) is 32.4 Å². The van der Waals surface area contributed by atoms with Crippen LogP contribution in [0, 0.1) is 17.6 Å². The molecule has 1 aromatic carbocycles. The van der Waals surface area contributed by atoms with E-state index in [1.165, 1.54) is 19.6 Å². The molecule has 21 heavy (non-hydrogen) atoms. The molecule has 1 aliphatic rings. The SMILES string of the molecule is COCC[C@H]1CCCN(Cc2c(OC)ccc(F)c2F)C1. The fourth-order valence-corrected chi connectivity index (χ4v) is 2.95. The van der Waals surface area contributed by atoms with Crippen molar-refractivity contribution in [2.75, 3.05) is 33.9 Å². The molecule has 1 fully saturated rings. The Labute approximate surface area is 124 Å². The molecular formula is C16H23F2NO2. The van der Waals surface area contributed by atoms with Gasteiger partial charge < -0.3 is 9.47 Å². The molecule has 0 aliphatic carbocycles. The quantitative estimate of drug-likeness (QED) is 0.805. The monoisotopic (exact) mass is 299 g/mol. The van der Waals surface area contributed by atoms with Gasteiger partial charge in [-0.2, -0.15) is 0 Å². The number of hydrogen-bond donors (Lipinski definition) is 0. The minimum absolute atomic E-state index is 0.310. The summed E-state index contributed by atoms with van der Waals surface area (Å²) in [7, 11) is 3.18. The van der Waals surface area contributed by atoms with E-state index in [1.807, 2.05) is 0 Å². The van der Waals surface area contributed by atoms with Crippen LogP contribution < -0.4 is 4.74 Å². The smallest absolute Gasteiger partial charge is 0.167 e. The predicted molar refractivity (Wildman–Crippen MR) is 77.4 cm³/mol. The van der Waals surface area contributed by atoms with E-state index in [1.54, 1.807) is 7.11 Å². The first-order valence-electron chi connectivity index (χ1n) is 7.37. The summed E-state index contributed by atoms with van der Waals surface area (Å²) in [4.78, 5) is 2.17. The Bertz CT molecular complexity index is 468. The first kappa shape index (κ1) is 16.2. The minimum Gasteiger partial charge on any atom is -0.496 e. The molecule has 2 rings (SSSR count). The normalized spacial score (nSPS) is 19.7. The van der Waals surface area contributed by atoms with Gasteiger partial charge in [-0.1, -0.05) is 0 Å². The summed E-state index contributed by atoms with van der Waals surface area (Å²) in [6, 6.07) is 2.59. The highest BCUT2D eigenvalue weighted by Gasteiger charge is 2.23. The van der Waals surface area contributed by atoms with Crippen LogP contribution in [0.3, 0.4) is 0 Å². The Balaban J connectivity index is 2.05. The molecule has 0 spiro atoms. The lowest BCUT2D eigenvalue weighted by Crippen LogP contribution is -2.35. The van der Waals surface area contributed by atoms with Gasteiger partial charge in [0.15, 0.2) is 11.6 Å². The number of piperidine rings is 1. The van der Waals surface area contributed by atoms with Gasteiger partial charge in [-0.25, -0.2) is 8.78 Å². The Morgan fingerprint density at radius 3 is 2.81 bits per heavy atom. The minimum atomic E-state index is -0.821. The Morgan fingerprint density at radius 1 is 1.29 bits per heavy atom. The highest BCUT2D eigenvalue weighted by molar-refractivity contribution is 5.35. The van der Waals surface area contributed by atoms with Crippen LogP contribution >= 0.6 is 0 Å². The van der Waals surface area contributed by atoms with E-state index in [0.29, 0.717) is 23.8 Å². The van der Waals surface area contributed by atoms with E-state index in [4.69, 9.17) is 9.47 Å². The van der Waals surface area contributed by atoms with Gasteiger partial charge in [-0.05, 0) is 43.9 Å². The maximum atomic E-state index is 14.0. The molecule has 1 atom stereocenters. The van der Waals surface area contributed by atoms with Crippen LogP contribution in [0.4, 0.5) is 8.78 Å². The topological polar surface area (TPSA) is 21.7 Å². The Kier molecular flexibility index (Phi) is 5.94. The summed E-state index contributed by atoms with van der Waals surface area (Å²) in [5, 5.41) is 0. The number of ether oxygens (including phenoxy) is 2. The van der Waals surface area contributed by atoms with E-state index in [-0.39, 0.29) is 0 Å². The number of nitrogens with zero attached hydrogens (tertiary/aromatic N) is 1. The van der Waals surface area contributed by atoms with Crippen molar-refractivity contribution in [3.8, 4) is 5.75 Å². The van der Waals surface area contributed by atoms with Gasteiger partial charge in [0.05, 0.1) is 7.11 Å². The lowest BCUT2D eigenvalue weighted by atomic mass is 9.94. The predicted octanol–water partition coefficient (Wildman–Crippen LogP) is 3.22. The van der Waals surface area contributed by atoms with E-state index in [9.17, 15) is 8.78 Å². The van der Waals surface area contributed by atoms with Crippen molar-refractivity contribution in [1.82, 2.24) is 4.90 Å². The van der Waals surface area contributed by atoms with Crippen molar-refractivity contribution >= 4 is 0 Å². The van der Waals surface area contributed by atoms with E-state index < -0.39 is 11.6 Å². The summed E-state index contributed by atoms with van der Waals surface area (Å²) < 4.78 is 37.7.